The van der Waals surface area contributed by atoms with Gasteiger partial charge in [-0.05, 0) is 31.0 Å². The van der Waals surface area contributed by atoms with E-state index in [9.17, 15) is 9.59 Å². The van der Waals surface area contributed by atoms with Gasteiger partial charge >= 0.3 is 0 Å². The molecule has 0 saturated carbocycles. The van der Waals surface area contributed by atoms with Crippen LogP contribution in [-0.2, 0) is 16.0 Å². The normalized spacial score (nSPS) is 10.6. The first-order valence-corrected chi connectivity index (χ1v) is 9.06. The number of hydrogen-bond acceptors (Lipinski definition) is 4. The van der Waals surface area contributed by atoms with Gasteiger partial charge in [0, 0.05) is 46.4 Å². The number of aliphatic imine (C=N–C) groups is 1. The van der Waals surface area contributed by atoms with Crippen molar-refractivity contribution in [1.82, 2.24) is 20.9 Å². The molecule has 0 atom stereocenters. The molecule has 0 aliphatic rings. The molecule has 0 aliphatic carbocycles. The number of methoxy groups -OCH3 is 1. The molecule has 9 heteroatoms. The maximum absolute atomic E-state index is 12.0. The van der Waals surface area contributed by atoms with Gasteiger partial charge in [0.1, 0.15) is 6.54 Å². The van der Waals surface area contributed by atoms with E-state index in [1.165, 1.54) is 0 Å². The molecule has 0 radical (unpaired) electrons. The average molecular weight is 505 g/mol. The number of carbonyl (C=O) groups excluding carboxylic acids is 2. The number of hydrogen-bond donors (Lipinski definition) is 3. The molecule has 0 saturated heterocycles. The molecule has 1 aromatic carbocycles. The van der Waals surface area contributed by atoms with Gasteiger partial charge in [-0.25, -0.2) is 4.99 Å². The first kappa shape index (κ1) is 26.1. The summed E-state index contributed by atoms with van der Waals surface area (Å²) in [6.07, 6.45) is 0.735. The van der Waals surface area contributed by atoms with Crippen LogP contribution in [0.25, 0.3) is 0 Å². The largest absolute Gasteiger partial charge is 0.383 e. The van der Waals surface area contributed by atoms with E-state index >= 15 is 0 Å². The van der Waals surface area contributed by atoms with Crippen molar-refractivity contribution in [3.63, 3.8) is 0 Å². The molecular weight excluding hydrogens is 473 g/mol. The first-order chi connectivity index (χ1) is 13.0. The molecule has 0 fully saturated rings. The Kier molecular flexibility index (Phi) is 14.1. The van der Waals surface area contributed by atoms with Crippen LogP contribution < -0.4 is 16.0 Å². The Balaban J connectivity index is 0.00000729. The lowest BCUT2D eigenvalue weighted by atomic mass is 10.1. The fourth-order valence-electron chi connectivity index (χ4n) is 2.28. The van der Waals surface area contributed by atoms with Gasteiger partial charge in [0.05, 0.1) is 6.61 Å². The highest BCUT2D eigenvalue weighted by Crippen LogP contribution is 2.07. The zero-order valence-corrected chi connectivity index (χ0v) is 19.4. The molecule has 2 amide bonds. The molecule has 158 valence electrons. The molecule has 1 rings (SSSR count). The Morgan fingerprint density at radius 1 is 1.14 bits per heavy atom. The lowest BCUT2D eigenvalue weighted by Gasteiger charge is -2.13. The highest BCUT2D eigenvalue weighted by molar-refractivity contribution is 14.0. The zero-order valence-electron chi connectivity index (χ0n) is 17.1. The molecule has 8 nitrogen and oxygen atoms in total. The van der Waals surface area contributed by atoms with Crippen LogP contribution in [0.4, 0.5) is 0 Å². The van der Waals surface area contributed by atoms with Crippen molar-refractivity contribution < 1.29 is 14.3 Å². The third kappa shape index (κ3) is 10.5. The SMILES string of the molecule is CCNC(=NCC(=O)NCCOC)NCCc1cccc(C(=O)N(C)C)c1.I. The van der Waals surface area contributed by atoms with Crippen LogP contribution in [0.15, 0.2) is 29.3 Å². The number of carbonyl (C=O) groups is 2. The Morgan fingerprint density at radius 2 is 1.89 bits per heavy atom. The zero-order chi connectivity index (χ0) is 20.1. The summed E-state index contributed by atoms with van der Waals surface area (Å²) in [6, 6.07) is 7.58. The van der Waals surface area contributed by atoms with Crippen molar-refractivity contribution in [2.45, 2.75) is 13.3 Å². The Morgan fingerprint density at radius 3 is 2.54 bits per heavy atom. The van der Waals surface area contributed by atoms with E-state index in [-0.39, 0.29) is 42.3 Å². The van der Waals surface area contributed by atoms with Crippen molar-refractivity contribution in [1.29, 1.82) is 0 Å². The molecule has 28 heavy (non-hydrogen) atoms. The Bertz CT molecular complexity index is 638. The molecule has 3 N–H and O–H groups in total. The third-order valence-electron chi connectivity index (χ3n) is 3.64. The predicted molar refractivity (Wildman–Crippen MR) is 122 cm³/mol. The number of nitrogens with one attached hydrogen (secondary N) is 3. The van der Waals surface area contributed by atoms with Gasteiger partial charge in [-0.15, -0.1) is 24.0 Å². The molecule has 0 spiro atoms. The standard InChI is InChI=1S/C19H31N5O3.HI/c1-5-20-19(23-14-17(25)21-11-12-27-4)22-10-9-15-7-6-8-16(13-15)18(26)24(2)3;/h6-8,13H,5,9-12,14H2,1-4H3,(H,21,25)(H2,20,22,23);1H. The smallest absolute Gasteiger partial charge is 0.253 e. The molecule has 0 unspecified atom stereocenters. The van der Waals surface area contributed by atoms with Crippen molar-refractivity contribution in [2.24, 2.45) is 4.99 Å². The molecule has 0 bridgehead atoms. The topological polar surface area (TPSA) is 95.1 Å². The van der Waals surface area contributed by atoms with E-state index in [4.69, 9.17) is 4.74 Å². The number of rotatable bonds is 10. The summed E-state index contributed by atoms with van der Waals surface area (Å²) < 4.78 is 4.89. The van der Waals surface area contributed by atoms with Gasteiger partial charge in [-0.1, -0.05) is 12.1 Å². The summed E-state index contributed by atoms with van der Waals surface area (Å²) in [5, 5.41) is 9.04. The summed E-state index contributed by atoms with van der Waals surface area (Å²) >= 11 is 0. The van der Waals surface area contributed by atoms with E-state index in [0.717, 1.165) is 12.0 Å². The number of guanidine groups is 1. The summed E-state index contributed by atoms with van der Waals surface area (Å²) in [5.41, 5.74) is 1.73. The number of amides is 2. The quantitative estimate of drug-likeness (QED) is 0.190. The van der Waals surface area contributed by atoms with E-state index in [2.05, 4.69) is 20.9 Å². The van der Waals surface area contributed by atoms with Gasteiger partial charge in [-0.2, -0.15) is 0 Å². The van der Waals surface area contributed by atoms with Gasteiger partial charge in [-0.3, -0.25) is 9.59 Å². The second-order valence-electron chi connectivity index (χ2n) is 6.11. The maximum atomic E-state index is 12.0. The van der Waals surface area contributed by atoms with Crippen molar-refractivity contribution in [3.8, 4) is 0 Å². The van der Waals surface area contributed by atoms with Crippen molar-refractivity contribution >= 4 is 41.8 Å². The second-order valence-corrected chi connectivity index (χ2v) is 6.11. The molecule has 1 aromatic rings. The Labute approximate surface area is 184 Å². The van der Waals surface area contributed by atoms with E-state index in [1.54, 1.807) is 26.1 Å². The minimum Gasteiger partial charge on any atom is -0.383 e. The summed E-state index contributed by atoms with van der Waals surface area (Å²) in [6.45, 7) is 4.29. The minimum atomic E-state index is -0.154. The molecular formula is C19H32IN5O3. The van der Waals surface area contributed by atoms with Crippen LogP contribution >= 0.6 is 24.0 Å². The lowest BCUT2D eigenvalue weighted by Crippen LogP contribution is -2.39. The third-order valence-corrected chi connectivity index (χ3v) is 3.64. The first-order valence-electron chi connectivity index (χ1n) is 9.06. The number of halogens is 1. The van der Waals surface area contributed by atoms with Gasteiger partial charge in [0.15, 0.2) is 5.96 Å². The van der Waals surface area contributed by atoms with Crippen LogP contribution in [0, 0.1) is 0 Å². The van der Waals surface area contributed by atoms with E-state index < -0.39 is 0 Å². The van der Waals surface area contributed by atoms with Crippen LogP contribution in [-0.4, -0.2) is 76.7 Å². The summed E-state index contributed by atoms with van der Waals surface area (Å²) in [7, 11) is 5.06. The fraction of sp³-hybridized carbons (Fsp3) is 0.526. The summed E-state index contributed by atoms with van der Waals surface area (Å²) in [5.74, 6) is 0.415. The monoisotopic (exact) mass is 505 g/mol. The Hall–Kier alpha value is -1.88. The highest BCUT2D eigenvalue weighted by Gasteiger charge is 2.08. The van der Waals surface area contributed by atoms with Gasteiger partial charge in [0.2, 0.25) is 5.91 Å². The number of benzene rings is 1. The van der Waals surface area contributed by atoms with Crippen LogP contribution in [0.1, 0.15) is 22.8 Å². The highest BCUT2D eigenvalue weighted by atomic mass is 127. The molecule has 0 aromatic heterocycles. The van der Waals surface area contributed by atoms with Crippen LogP contribution in [0.3, 0.4) is 0 Å². The van der Waals surface area contributed by atoms with E-state index in [1.807, 2.05) is 31.2 Å². The summed E-state index contributed by atoms with van der Waals surface area (Å²) in [4.78, 5) is 29.6. The van der Waals surface area contributed by atoms with Crippen LogP contribution in [0.5, 0.6) is 0 Å². The number of nitrogens with zero attached hydrogens (tertiary/aromatic N) is 2. The number of ether oxygens (including phenoxy) is 1. The van der Waals surface area contributed by atoms with Crippen LogP contribution in [0.2, 0.25) is 0 Å². The maximum Gasteiger partial charge on any atom is 0.253 e. The predicted octanol–water partition coefficient (Wildman–Crippen LogP) is 0.867. The minimum absolute atomic E-state index is 0. The van der Waals surface area contributed by atoms with E-state index in [0.29, 0.717) is 37.8 Å². The van der Waals surface area contributed by atoms with Gasteiger partial charge < -0.3 is 25.6 Å². The average Bonchev–Trinajstić information content (AvgIpc) is 2.66. The van der Waals surface area contributed by atoms with Crippen molar-refractivity contribution in [2.75, 3.05) is 54.0 Å². The lowest BCUT2D eigenvalue weighted by molar-refractivity contribution is -0.119. The fourth-order valence-corrected chi connectivity index (χ4v) is 2.28. The second kappa shape index (κ2) is 15.1. The molecule has 0 heterocycles. The van der Waals surface area contributed by atoms with Gasteiger partial charge in [0.25, 0.3) is 5.91 Å². The van der Waals surface area contributed by atoms with Crippen molar-refractivity contribution in [3.05, 3.63) is 35.4 Å². The molecule has 0 aliphatic heterocycles.